The fraction of sp³-hybridized carbons (Fsp3) is 0.700. The van der Waals surface area contributed by atoms with Crippen LogP contribution >= 0.6 is 12.4 Å². The molecule has 0 atom stereocenters. The van der Waals surface area contributed by atoms with E-state index in [1.165, 1.54) is 5.56 Å². The molecule has 0 spiro atoms. The fourth-order valence-corrected chi connectivity index (χ4v) is 2.97. The van der Waals surface area contributed by atoms with Gasteiger partial charge in [0.15, 0.2) is 0 Å². The van der Waals surface area contributed by atoms with E-state index in [-0.39, 0.29) is 23.4 Å². The van der Waals surface area contributed by atoms with Crippen molar-refractivity contribution in [3.05, 3.63) is 29.8 Å². The Labute approximate surface area is 154 Å². The summed E-state index contributed by atoms with van der Waals surface area (Å²) >= 11 is 0. The Hall–Kier alpha value is -0.770. The van der Waals surface area contributed by atoms with E-state index in [1.54, 1.807) is 0 Å². The number of hydrogen-bond donors (Lipinski definition) is 1. The van der Waals surface area contributed by atoms with E-state index in [0.717, 1.165) is 12.2 Å². The van der Waals surface area contributed by atoms with Crippen LogP contribution in [0.5, 0.6) is 5.75 Å². The molecule has 1 aromatic rings. The molecule has 140 valence electrons. The predicted molar refractivity (Wildman–Crippen MR) is 105 cm³/mol. The van der Waals surface area contributed by atoms with Crippen molar-refractivity contribution in [1.82, 2.24) is 0 Å². The van der Waals surface area contributed by atoms with Crippen LogP contribution in [-0.2, 0) is 10.2 Å². The average molecular weight is 358 g/mol. The minimum atomic E-state index is -0.288. The second-order valence-electron chi connectivity index (χ2n) is 8.81. The zero-order valence-corrected chi connectivity index (χ0v) is 17.3. The second-order valence-corrected chi connectivity index (χ2v) is 8.81. The van der Waals surface area contributed by atoms with Gasteiger partial charge in [-0.15, -0.1) is 12.4 Å². The number of rotatable bonds is 8. The van der Waals surface area contributed by atoms with Crippen molar-refractivity contribution in [1.29, 1.82) is 0 Å². The van der Waals surface area contributed by atoms with Crippen LogP contribution in [0.25, 0.3) is 0 Å². The highest BCUT2D eigenvalue weighted by atomic mass is 35.5. The molecule has 0 unspecified atom stereocenters. The second kappa shape index (κ2) is 9.07. The van der Waals surface area contributed by atoms with Crippen molar-refractivity contribution in [2.24, 2.45) is 11.1 Å². The van der Waals surface area contributed by atoms with Gasteiger partial charge in [-0.1, -0.05) is 46.8 Å². The first-order chi connectivity index (χ1) is 10.5. The first-order valence-corrected chi connectivity index (χ1v) is 8.53. The van der Waals surface area contributed by atoms with Crippen LogP contribution in [0.4, 0.5) is 0 Å². The van der Waals surface area contributed by atoms with Crippen molar-refractivity contribution in [2.45, 2.75) is 65.9 Å². The minimum Gasteiger partial charge on any atom is -0.491 e. The largest absolute Gasteiger partial charge is 0.491 e. The summed E-state index contributed by atoms with van der Waals surface area (Å²) < 4.78 is 11.4. The lowest BCUT2D eigenvalue weighted by Gasteiger charge is -2.33. The van der Waals surface area contributed by atoms with E-state index in [2.05, 4.69) is 46.8 Å². The molecule has 0 aliphatic rings. The molecule has 2 N–H and O–H groups in total. The molecule has 4 heteroatoms. The topological polar surface area (TPSA) is 44.5 Å². The Kier molecular flexibility index (Phi) is 8.78. The van der Waals surface area contributed by atoms with E-state index in [0.29, 0.717) is 25.2 Å². The van der Waals surface area contributed by atoms with E-state index in [1.807, 2.05) is 26.0 Å². The summed E-state index contributed by atoms with van der Waals surface area (Å²) in [6.07, 6.45) is 1.14. The van der Waals surface area contributed by atoms with Gasteiger partial charge in [0, 0.05) is 6.54 Å². The Morgan fingerprint density at radius 2 is 1.42 bits per heavy atom. The van der Waals surface area contributed by atoms with Gasteiger partial charge < -0.3 is 15.2 Å². The van der Waals surface area contributed by atoms with Gasteiger partial charge in [-0.3, -0.25) is 0 Å². The van der Waals surface area contributed by atoms with Crippen molar-refractivity contribution in [3.63, 3.8) is 0 Å². The lowest BCUT2D eigenvalue weighted by atomic mass is 9.72. The van der Waals surface area contributed by atoms with Crippen molar-refractivity contribution in [2.75, 3.05) is 19.8 Å². The lowest BCUT2D eigenvalue weighted by molar-refractivity contribution is -0.0229. The molecule has 0 radical (unpaired) electrons. The van der Waals surface area contributed by atoms with E-state index in [9.17, 15) is 0 Å². The van der Waals surface area contributed by atoms with Gasteiger partial charge in [0.05, 0.1) is 12.2 Å². The molecule has 24 heavy (non-hydrogen) atoms. The van der Waals surface area contributed by atoms with Gasteiger partial charge in [0.25, 0.3) is 0 Å². The van der Waals surface area contributed by atoms with Crippen LogP contribution in [0.2, 0.25) is 0 Å². The summed E-state index contributed by atoms with van der Waals surface area (Å²) in [6.45, 7) is 17.0. The van der Waals surface area contributed by atoms with Gasteiger partial charge in [0.2, 0.25) is 0 Å². The molecule has 0 heterocycles. The number of nitrogens with two attached hydrogens (primary N) is 1. The fourth-order valence-electron chi connectivity index (χ4n) is 2.97. The first kappa shape index (κ1) is 23.2. The molecule has 0 saturated heterocycles. The molecule has 0 saturated carbocycles. The van der Waals surface area contributed by atoms with Gasteiger partial charge in [-0.25, -0.2) is 0 Å². The summed E-state index contributed by atoms with van der Waals surface area (Å²) in [5.74, 6) is 0.884. The monoisotopic (exact) mass is 357 g/mol. The smallest absolute Gasteiger partial charge is 0.119 e. The number of hydrogen-bond acceptors (Lipinski definition) is 3. The summed E-state index contributed by atoms with van der Waals surface area (Å²) in [6, 6.07) is 8.44. The molecule has 0 fully saturated rings. The zero-order chi connectivity index (χ0) is 17.7. The quantitative estimate of drug-likeness (QED) is 0.669. The maximum absolute atomic E-state index is 5.75. The van der Waals surface area contributed by atoms with E-state index < -0.39 is 0 Å². The molecular formula is C20H36ClNO2. The Morgan fingerprint density at radius 3 is 1.88 bits per heavy atom. The van der Waals surface area contributed by atoms with E-state index >= 15 is 0 Å². The van der Waals surface area contributed by atoms with Crippen LogP contribution < -0.4 is 10.5 Å². The summed E-state index contributed by atoms with van der Waals surface area (Å²) in [5.41, 5.74) is 7.16. The molecule has 0 aromatic heterocycles. The molecular weight excluding hydrogens is 322 g/mol. The highest BCUT2D eigenvalue weighted by Gasteiger charge is 2.27. The maximum atomic E-state index is 5.75. The molecule has 1 rings (SSSR count). The normalized spacial score (nSPS) is 12.7. The molecule has 0 amide bonds. The van der Waals surface area contributed by atoms with Gasteiger partial charge >= 0.3 is 0 Å². The highest BCUT2D eigenvalue weighted by Crippen LogP contribution is 2.36. The van der Waals surface area contributed by atoms with Gasteiger partial charge in [0.1, 0.15) is 12.4 Å². The van der Waals surface area contributed by atoms with Crippen molar-refractivity contribution >= 4 is 12.4 Å². The molecule has 0 bridgehead atoms. The Balaban J connectivity index is 0.00000529. The SMILES string of the molecule is CC(C)(C)CC(C)(C)c1ccc(OCCOC(C)(C)CN)cc1.Cl. The highest BCUT2D eigenvalue weighted by molar-refractivity contribution is 5.85. The van der Waals surface area contributed by atoms with Gasteiger partial charge in [-0.2, -0.15) is 0 Å². The van der Waals surface area contributed by atoms with Crippen LogP contribution in [-0.4, -0.2) is 25.4 Å². The minimum absolute atomic E-state index is 0. The van der Waals surface area contributed by atoms with Crippen LogP contribution in [0.15, 0.2) is 24.3 Å². The number of ether oxygens (including phenoxy) is 2. The Bertz CT molecular complexity index is 475. The third kappa shape index (κ3) is 8.36. The van der Waals surface area contributed by atoms with Crippen LogP contribution in [0.1, 0.15) is 60.5 Å². The maximum Gasteiger partial charge on any atom is 0.119 e. The number of benzene rings is 1. The summed E-state index contributed by atoms with van der Waals surface area (Å²) in [7, 11) is 0. The lowest BCUT2D eigenvalue weighted by Crippen LogP contribution is -2.35. The molecule has 3 nitrogen and oxygen atoms in total. The third-order valence-electron chi connectivity index (χ3n) is 3.94. The number of halogens is 1. The molecule has 0 aliphatic heterocycles. The van der Waals surface area contributed by atoms with E-state index in [4.69, 9.17) is 15.2 Å². The standard InChI is InChI=1S/C20H35NO2.ClH/c1-18(2,3)14-19(4,5)16-8-10-17(11-9-16)22-12-13-23-20(6,7)15-21;/h8-11H,12-15,21H2,1-7H3;1H. The van der Waals surface area contributed by atoms with Crippen LogP contribution in [0.3, 0.4) is 0 Å². The molecule has 0 aliphatic carbocycles. The zero-order valence-electron chi connectivity index (χ0n) is 16.4. The van der Waals surface area contributed by atoms with Crippen molar-refractivity contribution < 1.29 is 9.47 Å². The van der Waals surface area contributed by atoms with Crippen LogP contribution in [0, 0.1) is 5.41 Å². The molecule has 1 aromatic carbocycles. The Morgan fingerprint density at radius 1 is 0.875 bits per heavy atom. The predicted octanol–water partition coefficient (Wildman–Crippen LogP) is 4.95. The van der Waals surface area contributed by atoms with Crippen molar-refractivity contribution in [3.8, 4) is 5.75 Å². The van der Waals surface area contributed by atoms with Gasteiger partial charge in [-0.05, 0) is 48.8 Å². The average Bonchev–Trinajstić information content (AvgIpc) is 2.42. The summed E-state index contributed by atoms with van der Waals surface area (Å²) in [4.78, 5) is 0. The first-order valence-electron chi connectivity index (χ1n) is 8.53. The summed E-state index contributed by atoms with van der Waals surface area (Å²) in [5, 5.41) is 0. The third-order valence-corrected chi connectivity index (χ3v) is 3.94.